The van der Waals surface area contributed by atoms with Gasteiger partial charge in [-0.05, 0) is 61.5 Å². The molecule has 2 fully saturated rings. The molecule has 158 valence electrons. The van der Waals surface area contributed by atoms with Gasteiger partial charge in [0, 0.05) is 24.2 Å². The lowest BCUT2D eigenvalue weighted by Gasteiger charge is -2.43. The number of hydrogen-bond acceptors (Lipinski definition) is 2. The fraction of sp³-hybridized carbons (Fsp3) is 0.769. The highest BCUT2D eigenvalue weighted by atomic mass is 15.3. The van der Waals surface area contributed by atoms with E-state index in [1.165, 1.54) is 37.1 Å². The number of para-hydroxylation sites is 2. The summed E-state index contributed by atoms with van der Waals surface area (Å²) in [5, 5.41) is 0. The molecule has 3 rings (SSSR count). The van der Waals surface area contributed by atoms with Gasteiger partial charge >= 0.3 is 0 Å². The maximum atomic E-state index is 2.83. The Balaban J connectivity index is 2.08. The molecule has 2 aliphatic rings. The fourth-order valence-corrected chi connectivity index (χ4v) is 5.96. The van der Waals surface area contributed by atoms with Gasteiger partial charge in [0.25, 0.3) is 0 Å². The maximum absolute atomic E-state index is 2.83. The Labute approximate surface area is 174 Å². The molecule has 0 spiro atoms. The van der Waals surface area contributed by atoms with Crippen molar-refractivity contribution in [3.63, 3.8) is 0 Å². The van der Waals surface area contributed by atoms with Crippen molar-refractivity contribution in [1.82, 2.24) is 0 Å². The molecule has 0 aliphatic carbocycles. The molecule has 0 amide bonds. The van der Waals surface area contributed by atoms with Gasteiger partial charge in [-0.2, -0.15) is 0 Å². The van der Waals surface area contributed by atoms with Gasteiger partial charge in [-0.25, -0.2) is 0 Å². The molecule has 0 N–H and O–H groups in total. The van der Waals surface area contributed by atoms with E-state index in [1.54, 1.807) is 0 Å². The largest absolute Gasteiger partial charge is 0.363 e. The zero-order chi connectivity index (χ0) is 20.6. The molecule has 4 atom stereocenters. The molecule has 2 aliphatic heterocycles. The monoisotopic (exact) mass is 384 g/mol. The quantitative estimate of drug-likeness (QED) is 0.521. The van der Waals surface area contributed by atoms with Gasteiger partial charge in [-0.3, -0.25) is 0 Å². The summed E-state index contributed by atoms with van der Waals surface area (Å²) in [4.78, 5) is 5.66. The van der Waals surface area contributed by atoms with E-state index in [0.29, 0.717) is 47.8 Å². The molecule has 1 aromatic rings. The van der Waals surface area contributed by atoms with Crippen LogP contribution >= 0.6 is 0 Å². The first kappa shape index (κ1) is 21.5. The van der Waals surface area contributed by atoms with Crippen molar-refractivity contribution in [2.75, 3.05) is 9.80 Å². The fourth-order valence-electron chi connectivity index (χ4n) is 5.96. The van der Waals surface area contributed by atoms with Crippen molar-refractivity contribution < 1.29 is 0 Å². The van der Waals surface area contributed by atoms with E-state index in [0.717, 1.165) is 0 Å². The summed E-state index contributed by atoms with van der Waals surface area (Å²) >= 11 is 0. The van der Waals surface area contributed by atoms with Crippen LogP contribution in [0.5, 0.6) is 0 Å². The van der Waals surface area contributed by atoms with Crippen molar-refractivity contribution in [1.29, 1.82) is 0 Å². The van der Waals surface area contributed by atoms with Crippen LogP contribution in [0.15, 0.2) is 24.3 Å². The first-order chi connectivity index (χ1) is 13.2. The molecule has 2 heterocycles. The SMILES string of the molecule is CC(C)C1CC[C@H](C(C)C)N1c1ccccc1N1C(C(C)C)CC[C@@H]1C(C)C. The first-order valence-corrected chi connectivity index (χ1v) is 11.9. The molecule has 0 radical (unpaired) electrons. The van der Waals surface area contributed by atoms with E-state index in [9.17, 15) is 0 Å². The molecule has 0 aromatic heterocycles. The van der Waals surface area contributed by atoms with Crippen molar-refractivity contribution in [3.05, 3.63) is 24.3 Å². The van der Waals surface area contributed by atoms with Crippen LogP contribution in [0, 0.1) is 23.7 Å². The molecule has 2 saturated heterocycles. The third-order valence-electron chi connectivity index (χ3n) is 7.46. The molecular weight excluding hydrogens is 340 g/mol. The van der Waals surface area contributed by atoms with Crippen LogP contribution in [0.25, 0.3) is 0 Å². The predicted molar refractivity (Wildman–Crippen MR) is 124 cm³/mol. The molecule has 2 unspecified atom stereocenters. The van der Waals surface area contributed by atoms with E-state index in [4.69, 9.17) is 0 Å². The van der Waals surface area contributed by atoms with Crippen LogP contribution in [0.2, 0.25) is 0 Å². The topological polar surface area (TPSA) is 6.48 Å². The summed E-state index contributed by atoms with van der Waals surface area (Å²) in [6.45, 7) is 19.3. The lowest BCUT2D eigenvalue weighted by atomic mass is 9.98. The van der Waals surface area contributed by atoms with Gasteiger partial charge in [-0.15, -0.1) is 0 Å². The van der Waals surface area contributed by atoms with Gasteiger partial charge in [0.2, 0.25) is 0 Å². The van der Waals surface area contributed by atoms with Crippen molar-refractivity contribution in [2.24, 2.45) is 23.7 Å². The van der Waals surface area contributed by atoms with Gasteiger partial charge in [-0.1, -0.05) is 67.5 Å². The van der Waals surface area contributed by atoms with Gasteiger partial charge in [0.1, 0.15) is 0 Å². The summed E-state index contributed by atoms with van der Waals surface area (Å²) in [6.07, 6.45) is 5.32. The van der Waals surface area contributed by atoms with Crippen LogP contribution in [0.1, 0.15) is 81.1 Å². The zero-order valence-corrected chi connectivity index (χ0v) is 19.7. The minimum atomic E-state index is 0.658. The summed E-state index contributed by atoms with van der Waals surface area (Å²) < 4.78 is 0. The van der Waals surface area contributed by atoms with Crippen molar-refractivity contribution >= 4 is 11.4 Å². The molecule has 28 heavy (non-hydrogen) atoms. The maximum Gasteiger partial charge on any atom is 0.0609 e. The van der Waals surface area contributed by atoms with E-state index >= 15 is 0 Å². The zero-order valence-electron chi connectivity index (χ0n) is 19.7. The molecule has 1 aromatic carbocycles. The van der Waals surface area contributed by atoms with Crippen molar-refractivity contribution in [2.45, 2.75) is 105 Å². The standard InChI is InChI=1S/C26H44N2/c1-17(2)21-13-14-22(18(3)4)27(21)25-11-9-10-12-26(25)28-23(19(5)6)15-16-24(28)20(7)8/h9-12,17-24H,13-16H2,1-8H3/t21-,22?,23-,24?/m1/s1. The third kappa shape index (κ3) is 3.94. The Hall–Kier alpha value is -1.18. The number of rotatable bonds is 6. The van der Waals surface area contributed by atoms with Crippen LogP contribution in [-0.2, 0) is 0 Å². The van der Waals surface area contributed by atoms with Crippen LogP contribution in [-0.4, -0.2) is 24.2 Å². The van der Waals surface area contributed by atoms with Gasteiger partial charge in [0.15, 0.2) is 0 Å². The highest BCUT2D eigenvalue weighted by Crippen LogP contribution is 2.46. The predicted octanol–water partition coefficient (Wildman–Crippen LogP) is 6.99. The third-order valence-corrected chi connectivity index (χ3v) is 7.46. The second-order valence-corrected chi connectivity index (χ2v) is 10.7. The number of anilines is 2. The van der Waals surface area contributed by atoms with Gasteiger partial charge < -0.3 is 9.80 Å². The summed E-state index contributed by atoms with van der Waals surface area (Å²) in [6, 6.07) is 12.0. The van der Waals surface area contributed by atoms with E-state index in [1.807, 2.05) is 0 Å². The van der Waals surface area contributed by atoms with E-state index in [2.05, 4.69) is 89.5 Å². The van der Waals surface area contributed by atoms with Crippen molar-refractivity contribution in [3.8, 4) is 0 Å². The van der Waals surface area contributed by atoms with Crippen LogP contribution in [0.3, 0.4) is 0 Å². The van der Waals surface area contributed by atoms with Crippen LogP contribution in [0.4, 0.5) is 11.4 Å². The summed E-state index contributed by atoms with van der Waals surface area (Å²) in [5.74, 6) is 2.77. The van der Waals surface area contributed by atoms with Gasteiger partial charge in [0.05, 0.1) is 11.4 Å². The normalized spacial score (nSPS) is 28.6. The average Bonchev–Trinajstić information content (AvgIpc) is 3.26. The Morgan fingerprint density at radius 1 is 0.536 bits per heavy atom. The Bertz CT molecular complexity index is 546. The minimum absolute atomic E-state index is 0.658. The number of hydrogen-bond donors (Lipinski definition) is 0. The second-order valence-electron chi connectivity index (χ2n) is 10.7. The molecule has 0 bridgehead atoms. The highest BCUT2D eigenvalue weighted by molar-refractivity contribution is 5.74. The summed E-state index contributed by atoms with van der Waals surface area (Å²) in [5.41, 5.74) is 2.99. The van der Waals surface area contributed by atoms with E-state index in [-0.39, 0.29) is 0 Å². The molecule has 2 nitrogen and oxygen atoms in total. The smallest absolute Gasteiger partial charge is 0.0609 e. The molecular formula is C26H44N2. The Kier molecular flexibility index (Phi) is 6.67. The molecule has 2 heteroatoms. The Morgan fingerprint density at radius 2 is 0.786 bits per heavy atom. The number of benzene rings is 1. The Morgan fingerprint density at radius 3 is 1.00 bits per heavy atom. The minimum Gasteiger partial charge on any atom is -0.363 e. The lowest BCUT2D eigenvalue weighted by molar-refractivity contribution is 0.435. The van der Waals surface area contributed by atoms with Crippen LogP contribution < -0.4 is 9.80 Å². The second kappa shape index (κ2) is 8.67. The van der Waals surface area contributed by atoms with E-state index < -0.39 is 0 Å². The summed E-state index contributed by atoms with van der Waals surface area (Å²) in [7, 11) is 0. The number of nitrogens with zero attached hydrogens (tertiary/aromatic N) is 2. The molecule has 0 saturated carbocycles. The average molecular weight is 385 g/mol. The lowest BCUT2D eigenvalue weighted by Crippen LogP contribution is -2.45. The highest BCUT2D eigenvalue weighted by Gasteiger charge is 2.41. The first-order valence-electron chi connectivity index (χ1n) is 11.9.